The van der Waals surface area contributed by atoms with Gasteiger partial charge in [-0.3, -0.25) is 4.79 Å². The third-order valence-corrected chi connectivity index (χ3v) is 2.19. The van der Waals surface area contributed by atoms with Crippen molar-refractivity contribution in [1.82, 2.24) is 0 Å². The van der Waals surface area contributed by atoms with Crippen molar-refractivity contribution in [3.63, 3.8) is 0 Å². The first-order valence-electron chi connectivity index (χ1n) is 4.47. The molecule has 0 fully saturated rings. The molecule has 0 bridgehead atoms. The van der Waals surface area contributed by atoms with Gasteiger partial charge in [-0.15, -0.1) is 0 Å². The van der Waals surface area contributed by atoms with Gasteiger partial charge in [0, 0.05) is 6.08 Å². The van der Waals surface area contributed by atoms with Crippen molar-refractivity contribution in [2.45, 2.75) is 13.8 Å². The molecular weight excluding hydrogens is 190 g/mol. The van der Waals surface area contributed by atoms with Gasteiger partial charge < -0.3 is 5.11 Å². The van der Waals surface area contributed by atoms with Gasteiger partial charge in [0.15, 0.2) is 5.78 Å². The highest BCUT2D eigenvalue weighted by Crippen LogP contribution is 2.22. The molecule has 3 nitrogen and oxygen atoms in total. The Morgan fingerprint density at radius 3 is 2.60 bits per heavy atom. The van der Waals surface area contributed by atoms with Crippen molar-refractivity contribution in [3.8, 4) is 11.8 Å². The number of allylic oxidation sites excluding steroid dienone is 2. The van der Waals surface area contributed by atoms with Gasteiger partial charge in [0.2, 0.25) is 0 Å². The summed E-state index contributed by atoms with van der Waals surface area (Å²) in [7, 11) is 0. The van der Waals surface area contributed by atoms with Crippen LogP contribution in [0.1, 0.15) is 21.5 Å². The van der Waals surface area contributed by atoms with Crippen LogP contribution in [0.2, 0.25) is 0 Å². The average Bonchev–Trinajstić information content (AvgIpc) is 2.20. The van der Waals surface area contributed by atoms with Crippen LogP contribution in [0.5, 0.6) is 5.75 Å². The second-order valence-corrected chi connectivity index (χ2v) is 3.28. The van der Waals surface area contributed by atoms with Crippen molar-refractivity contribution in [3.05, 3.63) is 41.0 Å². The van der Waals surface area contributed by atoms with Crippen LogP contribution in [0.15, 0.2) is 24.3 Å². The van der Waals surface area contributed by atoms with E-state index in [1.807, 2.05) is 13.8 Å². The zero-order valence-electron chi connectivity index (χ0n) is 8.61. The van der Waals surface area contributed by atoms with Crippen molar-refractivity contribution < 1.29 is 9.90 Å². The van der Waals surface area contributed by atoms with E-state index in [-0.39, 0.29) is 17.1 Å². The molecule has 15 heavy (non-hydrogen) atoms. The van der Waals surface area contributed by atoms with E-state index in [1.54, 1.807) is 18.2 Å². The van der Waals surface area contributed by atoms with Crippen LogP contribution < -0.4 is 0 Å². The molecule has 76 valence electrons. The Balaban J connectivity index is 3.16. The number of ketones is 1. The number of aromatic hydroxyl groups is 1. The first-order valence-corrected chi connectivity index (χ1v) is 4.47. The zero-order valence-corrected chi connectivity index (χ0v) is 8.61. The van der Waals surface area contributed by atoms with E-state index in [0.29, 0.717) is 0 Å². The summed E-state index contributed by atoms with van der Waals surface area (Å²) in [5.41, 5.74) is 2.08. The van der Waals surface area contributed by atoms with Crippen LogP contribution in [-0.4, -0.2) is 10.9 Å². The van der Waals surface area contributed by atoms with E-state index in [0.717, 1.165) is 23.3 Å². The Morgan fingerprint density at radius 2 is 2.00 bits per heavy atom. The maximum Gasteiger partial charge on any atom is 0.190 e. The van der Waals surface area contributed by atoms with Crippen LogP contribution in [-0.2, 0) is 0 Å². The summed E-state index contributed by atoms with van der Waals surface area (Å²) >= 11 is 0. The van der Waals surface area contributed by atoms with Crippen molar-refractivity contribution in [2.24, 2.45) is 0 Å². The number of nitriles is 1. The number of phenols is 1. The van der Waals surface area contributed by atoms with Crippen LogP contribution >= 0.6 is 0 Å². The van der Waals surface area contributed by atoms with Crippen LogP contribution in [0.25, 0.3) is 0 Å². The number of hydrogen-bond donors (Lipinski definition) is 1. The van der Waals surface area contributed by atoms with E-state index >= 15 is 0 Å². The van der Waals surface area contributed by atoms with Gasteiger partial charge in [-0.25, -0.2) is 0 Å². The fraction of sp³-hybridized carbons (Fsp3) is 0.167. The maximum absolute atomic E-state index is 11.5. The Bertz CT molecular complexity index is 467. The molecule has 0 amide bonds. The first kappa shape index (κ1) is 11.0. The van der Waals surface area contributed by atoms with Crippen molar-refractivity contribution in [2.75, 3.05) is 0 Å². The highest BCUT2D eigenvalue weighted by Gasteiger charge is 2.09. The molecule has 1 rings (SSSR count). The standard InChI is InChI=1S/C12H11NO2/c1-8-6-10(11(14)4-3-5-13)12(15)7-9(8)2/h3-4,6-7,15H,1-2H3/b4-3+. The lowest BCUT2D eigenvalue weighted by molar-refractivity contribution is 0.104. The molecule has 0 atom stereocenters. The molecule has 0 aliphatic heterocycles. The van der Waals surface area contributed by atoms with E-state index < -0.39 is 0 Å². The molecule has 0 aliphatic carbocycles. The molecule has 1 aromatic rings. The minimum Gasteiger partial charge on any atom is -0.507 e. The van der Waals surface area contributed by atoms with Gasteiger partial charge in [-0.1, -0.05) is 0 Å². The van der Waals surface area contributed by atoms with Gasteiger partial charge in [0.05, 0.1) is 11.6 Å². The molecule has 0 saturated carbocycles. The Morgan fingerprint density at radius 1 is 1.40 bits per heavy atom. The quantitative estimate of drug-likeness (QED) is 0.453. The Labute approximate surface area is 88.3 Å². The summed E-state index contributed by atoms with van der Waals surface area (Å²) < 4.78 is 0. The van der Waals surface area contributed by atoms with Crippen LogP contribution in [0.3, 0.4) is 0 Å². The second kappa shape index (κ2) is 4.43. The number of rotatable bonds is 2. The SMILES string of the molecule is Cc1cc(O)c(C(=O)/C=C/C#N)cc1C. The summed E-state index contributed by atoms with van der Waals surface area (Å²) in [6, 6.07) is 4.89. The third-order valence-electron chi connectivity index (χ3n) is 2.19. The summed E-state index contributed by atoms with van der Waals surface area (Å²) in [4.78, 5) is 11.5. The predicted molar refractivity (Wildman–Crippen MR) is 56.7 cm³/mol. The number of carbonyl (C=O) groups is 1. The van der Waals surface area contributed by atoms with Gasteiger partial charge in [0.25, 0.3) is 0 Å². The number of phenolic OH excluding ortho intramolecular Hbond substituents is 1. The molecule has 3 heteroatoms. The highest BCUT2D eigenvalue weighted by molar-refractivity contribution is 6.06. The number of aryl methyl sites for hydroxylation is 2. The van der Waals surface area contributed by atoms with Crippen LogP contribution in [0, 0.1) is 25.2 Å². The Hall–Kier alpha value is -2.08. The minimum atomic E-state index is -0.364. The monoisotopic (exact) mass is 201 g/mol. The second-order valence-electron chi connectivity index (χ2n) is 3.28. The Kier molecular flexibility index (Phi) is 3.25. The summed E-state index contributed by atoms with van der Waals surface area (Å²) in [5, 5.41) is 17.8. The summed E-state index contributed by atoms with van der Waals surface area (Å²) in [5.74, 6) is -0.414. The topological polar surface area (TPSA) is 61.1 Å². The molecule has 0 aliphatic rings. The lowest BCUT2D eigenvalue weighted by Gasteiger charge is -2.05. The number of hydrogen-bond acceptors (Lipinski definition) is 3. The molecule has 0 aromatic heterocycles. The van der Waals surface area contributed by atoms with Gasteiger partial charge in [0.1, 0.15) is 5.75 Å². The number of carbonyl (C=O) groups excluding carboxylic acids is 1. The molecule has 1 aromatic carbocycles. The lowest BCUT2D eigenvalue weighted by atomic mass is 10.0. The van der Waals surface area contributed by atoms with Crippen LogP contribution in [0.4, 0.5) is 0 Å². The zero-order chi connectivity index (χ0) is 11.4. The van der Waals surface area contributed by atoms with Gasteiger partial charge >= 0.3 is 0 Å². The van der Waals surface area contributed by atoms with Crippen molar-refractivity contribution in [1.29, 1.82) is 5.26 Å². The lowest BCUT2D eigenvalue weighted by Crippen LogP contribution is -1.96. The molecule has 0 saturated heterocycles. The molecule has 0 spiro atoms. The normalized spacial score (nSPS) is 10.2. The molecule has 0 heterocycles. The molecule has 1 N–H and O–H groups in total. The minimum absolute atomic E-state index is 0.0503. The number of benzene rings is 1. The molecular formula is C12H11NO2. The summed E-state index contributed by atoms with van der Waals surface area (Å²) in [6.07, 6.45) is 2.24. The largest absolute Gasteiger partial charge is 0.507 e. The number of nitrogens with zero attached hydrogens (tertiary/aromatic N) is 1. The maximum atomic E-state index is 11.5. The average molecular weight is 201 g/mol. The first-order chi connectivity index (χ1) is 7.06. The highest BCUT2D eigenvalue weighted by atomic mass is 16.3. The van der Waals surface area contributed by atoms with E-state index in [4.69, 9.17) is 5.26 Å². The predicted octanol–water partition coefficient (Wildman–Crippen LogP) is 2.27. The molecule has 0 radical (unpaired) electrons. The fourth-order valence-electron chi connectivity index (χ4n) is 1.20. The van der Waals surface area contributed by atoms with Crippen molar-refractivity contribution >= 4 is 5.78 Å². The summed E-state index contributed by atoms with van der Waals surface area (Å²) in [6.45, 7) is 3.72. The smallest absolute Gasteiger partial charge is 0.190 e. The van der Waals surface area contributed by atoms with E-state index in [2.05, 4.69) is 0 Å². The van der Waals surface area contributed by atoms with E-state index in [9.17, 15) is 9.90 Å². The van der Waals surface area contributed by atoms with Gasteiger partial charge in [-0.05, 0) is 43.2 Å². The van der Waals surface area contributed by atoms with Gasteiger partial charge in [-0.2, -0.15) is 5.26 Å². The fourth-order valence-corrected chi connectivity index (χ4v) is 1.20. The third kappa shape index (κ3) is 2.44. The molecule has 0 unspecified atom stereocenters. The van der Waals surface area contributed by atoms with E-state index in [1.165, 1.54) is 0 Å².